The number of hydrogen-bond donors (Lipinski definition) is 2. The van der Waals surface area contributed by atoms with E-state index < -0.39 is 0 Å². The fourth-order valence-corrected chi connectivity index (χ4v) is 4.50. The summed E-state index contributed by atoms with van der Waals surface area (Å²) in [5, 5.41) is 3.01. The Morgan fingerprint density at radius 2 is 1.79 bits per heavy atom. The van der Waals surface area contributed by atoms with Crippen LogP contribution >= 0.6 is 12.4 Å². The van der Waals surface area contributed by atoms with Crippen molar-refractivity contribution in [2.75, 3.05) is 11.1 Å². The molecule has 3 saturated carbocycles. The molecule has 3 nitrogen and oxygen atoms in total. The third kappa shape index (κ3) is 1.83. The predicted molar refractivity (Wildman–Crippen MR) is 78.0 cm³/mol. The molecule has 1 aromatic carbocycles. The molecule has 0 heterocycles. The van der Waals surface area contributed by atoms with Gasteiger partial charge in [-0.05, 0) is 55.1 Å². The lowest BCUT2D eigenvalue weighted by Gasteiger charge is -2.11. The SMILES string of the molecule is Cl.Nc1ccccc1NC(=O)C1C2C3CCC(C3)C12. The maximum atomic E-state index is 12.3. The zero-order valence-corrected chi connectivity index (χ0v) is 11.5. The number of fused-ring (bicyclic) bond motifs is 5. The van der Waals surface area contributed by atoms with Crippen LogP contribution in [0.1, 0.15) is 19.3 Å². The van der Waals surface area contributed by atoms with E-state index in [1.54, 1.807) is 0 Å². The van der Waals surface area contributed by atoms with Gasteiger partial charge in [-0.25, -0.2) is 0 Å². The number of halogens is 1. The highest BCUT2D eigenvalue weighted by molar-refractivity contribution is 5.97. The number of amides is 1. The van der Waals surface area contributed by atoms with Crippen LogP contribution in [0.4, 0.5) is 11.4 Å². The molecule has 0 aliphatic heterocycles. The molecule has 0 spiro atoms. The van der Waals surface area contributed by atoms with Crippen LogP contribution < -0.4 is 11.1 Å². The van der Waals surface area contributed by atoms with Crippen LogP contribution in [0, 0.1) is 29.6 Å². The highest BCUT2D eigenvalue weighted by atomic mass is 35.5. The molecular formula is C15H19ClN2O. The summed E-state index contributed by atoms with van der Waals surface area (Å²) in [6, 6.07) is 7.49. The van der Waals surface area contributed by atoms with E-state index in [-0.39, 0.29) is 24.2 Å². The summed E-state index contributed by atoms with van der Waals surface area (Å²) in [6.07, 6.45) is 4.08. The Hall–Kier alpha value is -1.22. The van der Waals surface area contributed by atoms with Crippen molar-refractivity contribution in [1.82, 2.24) is 0 Å². The number of carbonyl (C=O) groups excluding carboxylic acids is 1. The molecule has 0 aromatic heterocycles. The zero-order valence-electron chi connectivity index (χ0n) is 10.7. The van der Waals surface area contributed by atoms with Gasteiger partial charge >= 0.3 is 0 Å². The summed E-state index contributed by atoms with van der Waals surface area (Å²) in [7, 11) is 0. The Balaban J connectivity index is 0.00000110. The third-order valence-corrected chi connectivity index (χ3v) is 5.26. The number of benzene rings is 1. The second kappa shape index (κ2) is 4.41. The summed E-state index contributed by atoms with van der Waals surface area (Å²) in [5.74, 6) is 3.52. The van der Waals surface area contributed by atoms with Crippen LogP contribution in [-0.4, -0.2) is 5.91 Å². The highest BCUT2D eigenvalue weighted by Crippen LogP contribution is 2.69. The van der Waals surface area contributed by atoms with Crippen molar-refractivity contribution in [3.8, 4) is 0 Å². The average molecular weight is 279 g/mol. The maximum absolute atomic E-state index is 12.3. The first kappa shape index (κ1) is 12.8. The van der Waals surface area contributed by atoms with E-state index in [1.807, 2.05) is 24.3 Å². The van der Waals surface area contributed by atoms with E-state index in [1.165, 1.54) is 19.3 Å². The lowest BCUT2D eigenvalue weighted by molar-refractivity contribution is -0.118. The van der Waals surface area contributed by atoms with Crippen LogP contribution in [0.2, 0.25) is 0 Å². The molecule has 2 bridgehead atoms. The molecule has 4 heteroatoms. The van der Waals surface area contributed by atoms with E-state index in [2.05, 4.69) is 5.32 Å². The predicted octanol–water partition coefficient (Wildman–Crippen LogP) is 2.92. The van der Waals surface area contributed by atoms with Crippen molar-refractivity contribution in [2.45, 2.75) is 19.3 Å². The number of hydrogen-bond acceptors (Lipinski definition) is 2. The van der Waals surface area contributed by atoms with E-state index in [4.69, 9.17) is 5.73 Å². The maximum Gasteiger partial charge on any atom is 0.228 e. The molecular weight excluding hydrogens is 260 g/mol. The fraction of sp³-hybridized carbons (Fsp3) is 0.533. The van der Waals surface area contributed by atoms with E-state index in [0.717, 1.165) is 17.5 Å². The largest absolute Gasteiger partial charge is 0.397 e. The molecule has 4 rings (SSSR count). The Kier molecular flexibility index (Phi) is 2.97. The molecule has 19 heavy (non-hydrogen) atoms. The molecule has 1 aromatic rings. The molecule has 4 atom stereocenters. The smallest absolute Gasteiger partial charge is 0.228 e. The van der Waals surface area contributed by atoms with Crippen molar-refractivity contribution >= 4 is 29.7 Å². The molecule has 4 unspecified atom stereocenters. The van der Waals surface area contributed by atoms with Crippen molar-refractivity contribution in [1.29, 1.82) is 0 Å². The summed E-state index contributed by atoms with van der Waals surface area (Å²) in [4.78, 5) is 12.3. The molecule has 3 aliphatic rings. The lowest BCUT2D eigenvalue weighted by atomic mass is 10.0. The normalized spacial score (nSPS) is 37.4. The molecule has 3 fully saturated rings. The third-order valence-electron chi connectivity index (χ3n) is 5.26. The first-order valence-corrected chi connectivity index (χ1v) is 6.91. The van der Waals surface area contributed by atoms with Gasteiger partial charge in [-0.1, -0.05) is 12.1 Å². The minimum Gasteiger partial charge on any atom is -0.397 e. The lowest BCUT2D eigenvalue weighted by Crippen LogP contribution is -2.19. The van der Waals surface area contributed by atoms with Crippen LogP contribution in [0.15, 0.2) is 24.3 Å². The minimum absolute atomic E-state index is 0. The number of rotatable bonds is 2. The van der Waals surface area contributed by atoms with Gasteiger partial charge in [0.2, 0.25) is 5.91 Å². The number of nitrogen functional groups attached to an aromatic ring is 1. The van der Waals surface area contributed by atoms with Gasteiger partial charge in [-0.2, -0.15) is 0 Å². The van der Waals surface area contributed by atoms with E-state index in [9.17, 15) is 4.79 Å². The molecule has 0 saturated heterocycles. The number of carbonyl (C=O) groups is 1. The minimum atomic E-state index is 0. The molecule has 1 amide bonds. The fourth-order valence-electron chi connectivity index (χ4n) is 4.50. The second-order valence-electron chi connectivity index (χ2n) is 6.09. The first-order valence-electron chi connectivity index (χ1n) is 6.91. The number of nitrogens with one attached hydrogen (secondary N) is 1. The van der Waals surface area contributed by atoms with Crippen molar-refractivity contribution in [3.05, 3.63) is 24.3 Å². The standard InChI is InChI=1S/C15H18N2O.ClH/c16-10-3-1-2-4-11(10)17-15(18)14-12-8-5-6-9(7-8)13(12)14;/h1-4,8-9,12-14H,5-7,16H2,(H,17,18);1H. The van der Waals surface area contributed by atoms with Gasteiger partial charge in [0, 0.05) is 5.92 Å². The quantitative estimate of drug-likeness (QED) is 0.817. The van der Waals surface area contributed by atoms with Crippen molar-refractivity contribution in [3.63, 3.8) is 0 Å². The number of nitrogens with two attached hydrogens (primary N) is 1. The molecule has 3 aliphatic carbocycles. The Labute approximate surface area is 119 Å². The zero-order chi connectivity index (χ0) is 12.3. The van der Waals surface area contributed by atoms with Crippen molar-refractivity contribution < 1.29 is 4.79 Å². The first-order chi connectivity index (χ1) is 8.75. The van der Waals surface area contributed by atoms with Gasteiger partial charge in [0.15, 0.2) is 0 Å². The van der Waals surface area contributed by atoms with E-state index in [0.29, 0.717) is 17.5 Å². The molecule has 3 N–H and O–H groups in total. The van der Waals surface area contributed by atoms with Gasteiger partial charge < -0.3 is 11.1 Å². The van der Waals surface area contributed by atoms with Gasteiger partial charge in [0.25, 0.3) is 0 Å². The number of anilines is 2. The molecule has 102 valence electrons. The second-order valence-corrected chi connectivity index (χ2v) is 6.09. The van der Waals surface area contributed by atoms with Gasteiger partial charge in [-0.3, -0.25) is 4.79 Å². The van der Waals surface area contributed by atoms with Gasteiger partial charge in [0.05, 0.1) is 11.4 Å². The van der Waals surface area contributed by atoms with Crippen LogP contribution in [-0.2, 0) is 4.79 Å². The Morgan fingerprint density at radius 1 is 1.16 bits per heavy atom. The van der Waals surface area contributed by atoms with Crippen LogP contribution in [0.5, 0.6) is 0 Å². The summed E-state index contributed by atoms with van der Waals surface area (Å²) < 4.78 is 0. The summed E-state index contributed by atoms with van der Waals surface area (Å²) in [5.41, 5.74) is 7.27. The topological polar surface area (TPSA) is 55.1 Å². The average Bonchev–Trinajstić information content (AvgIpc) is 2.82. The summed E-state index contributed by atoms with van der Waals surface area (Å²) in [6.45, 7) is 0. The van der Waals surface area contributed by atoms with Gasteiger partial charge in [0.1, 0.15) is 0 Å². The Bertz CT molecular complexity index is 503. The van der Waals surface area contributed by atoms with E-state index >= 15 is 0 Å². The monoisotopic (exact) mass is 278 g/mol. The van der Waals surface area contributed by atoms with Crippen molar-refractivity contribution in [2.24, 2.45) is 29.6 Å². The molecule has 0 radical (unpaired) electrons. The summed E-state index contributed by atoms with van der Waals surface area (Å²) >= 11 is 0. The van der Waals surface area contributed by atoms with Gasteiger partial charge in [-0.15, -0.1) is 12.4 Å². The van der Waals surface area contributed by atoms with Crippen LogP contribution in [0.3, 0.4) is 0 Å². The van der Waals surface area contributed by atoms with Crippen LogP contribution in [0.25, 0.3) is 0 Å². The highest BCUT2D eigenvalue weighted by Gasteiger charge is 2.67. The number of para-hydroxylation sites is 2. The Morgan fingerprint density at radius 3 is 2.42 bits per heavy atom.